The van der Waals surface area contributed by atoms with Crippen LogP contribution >= 0.6 is 11.3 Å². The zero-order chi connectivity index (χ0) is 12.8. The van der Waals surface area contributed by atoms with Crippen molar-refractivity contribution in [3.8, 4) is 5.75 Å². The molecule has 1 amide bonds. The number of nitrogens with one attached hydrogen (secondary N) is 1. The van der Waals surface area contributed by atoms with E-state index >= 15 is 0 Å². The van der Waals surface area contributed by atoms with Gasteiger partial charge < -0.3 is 10.1 Å². The SMILES string of the molecule is Cc1ccccc1OCCNC(=O)c1cccs1. The number of amides is 1. The molecule has 18 heavy (non-hydrogen) atoms. The Morgan fingerprint density at radius 2 is 2.11 bits per heavy atom. The summed E-state index contributed by atoms with van der Waals surface area (Å²) in [5.74, 6) is 0.821. The van der Waals surface area contributed by atoms with Crippen molar-refractivity contribution in [3.63, 3.8) is 0 Å². The van der Waals surface area contributed by atoms with Gasteiger partial charge in [-0.15, -0.1) is 11.3 Å². The molecule has 4 heteroatoms. The van der Waals surface area contributed by atoms with Crippen molar-refractivity contribution in [1.82, 2.24) is 5.32 Å². The number of aryl methyl sites for hydroxylation is 1. The largest absolute Gasteiger partial charge is 0.491 e. The van der Waals surface area contributed by atoms with Crippen molar-refractivity contribution in [1.29, 1.82) is 0 Å². The van der Waals surface area contributed by atoms with E-state index in [4.69, 9.17) is 4.74 Å². The zero-order valence-corrected chi connectivity index (χ0v) is 11.0. The van der Waals surface area contributed by atoms with Crippen LogP contribution in [0, 0.1) is 6.92 Å². The normalized spacial score (nSPS) is 10.1. The summed E-state index contributed by atoms with van der Waals surface area (Å²) in [6, 6.07) is 11.5. The van der Waals surface area contributed by atoms with E-state index in [0.717, 1.165) is 16.2 Å². The summed E-state index contributed by atoms with van der Waals surface area (Å²) in [6.45, 7) is 2.98. The number of ether oxygens (including phenoxy) is 1. The molecule has 0 unspecified atom stereocenters. The van der Waals surface area contributed by atoms with Crippen LogP contribution in [-0.4, -0.2) is 19.1 Å². The molecule has 1 aromatic carbocycles. The highest BCUT2D eigenvalue weighted by Crippen LogP contribution is 2.15. The van der Waals surface area contributed by atoms with Gasteiger partial charge in [-0.05, 0) is 30.0 Å². The molecule has 0 spiro atoms. The second kappa shape index (κ2) is 6.21. The van der Waals surface area contributed by atoms with Crippen LogP contribution in [-0.2, 0) is 0 Å². The molecule has 1 aromatic heterocycles. The quantitative estimate of drug-likeness (QED) is 0.840. The van der Waals surface area contributed by atoms with Gasteiger partial charge in [0.15, 0.2) is 0 Å². The summed E-state index contributed by atoms with van der Waals surface area (Å²) in [6.07, 6.45) is 0. The topological polar surface area (TPSA) is 38.3 Å². The zero-order valence-electron chi connectivity index (χ0n) is 10.2. The minimum absolute atomic E-state index is 0.0432. The highest BCUT2D eigenvalue weighted by atomic mass is 32.1. The van der Waals surface area contributed by atoms with Gasteiger partial charge in [-0.2, -0.15) is 0 Å². The molecule has 94 valence electrons. The lowest BCUT2D eigenvalue weighted by atomic mass is 10.2. The number of hydrogen-bond acceptors (Lipinski definition) is 3. The fourth-order valence-corrected chi connectivity index (χ4v) is 2.18. The van der Waals surface area contributed by atoms with Crippen molar-refractivity contribution < 1.29 is 9.53 Å². The van der Waals surface area contributed by atoms with E-state index in [1.54, 1.807) is 0 Å². The molecule has 0 aliphatic carbocycles. The summed E-state index contributed by atoms with van der Waals surface area (Å²) in [5.41, 5.74) is 1.10. The summed E-state index contributed by atoms with van der Waals surface area (Å²) in [4.78, 5) is 12.4. The van der Waals surface area contributed by atoms with E-state index in [9.17, 15) is 4.79 Å². The Bertz CT molecular complexity index is 508. The van der Waals surface area contributed by atoms with E-state index in [1.165, 1.54) is 11.3 Å². The lowest BCUT2D eigenvalue weighted by Gasteiger charge is -2.09. The number of hydrogen-bond donors (Lipinski definition) is 1. The summed E-state index contributed by atoms with van der Waals surface area (Å²) < 4.78 is 5.59. The van der Waals surface area contributed by atoms with Gasteiger partial charge >= 0.3 is 0 Å². The average Bonchev–Trinajstić information content (AvgIpc) is 2.90. The molecule has 0 aliphatic heterocycles. The minimum atomic E-state index is -0.0432. The Balaban J connectivity index is 1.74. The second-order valence-electron chi connectivity index (χ2n) is 3.85. The summed E-state index contributed by atoms with van der Waals surface area (Å²) >= 11 is 1.44. The number of carbonyl (C=O) groups is 1. The van der Waals surface area contributed by atoms with Gasteiger partial charge in [0.25, 0.3) is 5.91 Å². The predicted molar refractivity (Wildman–Crippen MR) is 73.3 cm³/mol. The molecule has 0 aliphatic rings. The predicted octanol–water partition coefficient (Wildman–Crippen LogP) is 2.87. The first-order valence-corrected chi connectivity index (χ1v) is 6.65. The first kappa shape index (κ1) is 12.6. The second-order valence-corrected chi connectivity index (χ2v) is 4.79. The van der Waals surface area contributed by atoms with Crippen molar-refractivity contribution in [2.45, 2.75) is 6.92 Å². The molecule has 0 radical (unpaired) electrons. The van der Waals surface area contributed by atoms with Gasteiger partial charge in [0.05, 0.1) is 11.4 Å². The maximum Gasteiger partial charge on any atom is 0.261 e. The molecule has 0 atom stereocenters. The van der Waals surface area contributed by atoms with Crippen LogP contribution in [0.25, 0.3) is 0 Å². The van der Waals surface area contributed by atoms with Crippen LogP contribution in [0.3, 0.4) is 0 Å². The van der Waals surface area contributed by atoms with Crippen LogP contribution < -0.4 is 10.1 Å². The van der Waals surface area contributed by atoms with Crippen LogP contribution in [0.4, 0.5) is 0 Å². The van der Waals surface area contributed by atoms with Crippen molar-refractivity contribution in [2.75, 3.05) is 13.2 Å². The molecule has 0 saturated heterocycles. The lowest BCUT2D eigenvalue weighted by Crippen LogP contribution is -2.27. The number of benzene rings is 1. The number of thiophene rings is 1. The van der Waals surface area contributed by atoms with E-state index in [-0.39, 0.29) is 5.91 Å². The molecule has 3 nitrogen and oxygen atoms in total. The highest BCUT2D eigenvalue weighted by molar-refractivity contribution is 7.12. The summed E-state index contributed by atoms with van der Waals surface area (Å²) in [5, 5.41) is 4.71. The van der Waals surface area contributed by atoms with Gasteiger partial charge in [0.1, 0.15) is 12.4 Å². The lowest BCUT2D eigenvalue weighted by molar-refractivity contribution is 0.0951. The molecule has 0 fully saturated rings. The van der Waals surface area contributed by atoms with Gasteiger partial charge in [0, 0.05) is 0 Å². The highest BCUT2D eigenvalue weighted by Gasteiger charge is 2.05. The Morgan fingerprint density at radius 1 is 1.28 bits per heavy atom. The molecule has 1 heterocycles. The van der Waals surface area contributed by atoms with Crippen molar-refractivity contribution in [3.05, 3.63) is 52.2 Å². The van der Waals surface area contributed by atoms with Crippen LogP contribution in [0.5, 0.6) is 5.75 Å². The Morgan fingerprint density at radius 3 is 2.83 bits per heavy atom. The summed E-state index contributed by atoms with van der Waals surface area (Å²) in [7, 11) is 0. The van der Waals surface area contributed by atoms with E-state index in [2.05, 4.69) is 5.32 Å². The first-order chi connectivity index (χ1) is 8.77. The van der Waals surface area contributed by atoms with Crippen LogP contribution in [0.15, 0.2) is 41.8 Å². The Kier molecular flexibility index (Phi) is 4.36. The van der Waals surface area contributed by atoms with Crippen LogP contribution in [0.1, 0.15) is 15.2 Å². The van der Waals surface area contributed by atoms with E-state index < -0.39 is 0 Å². The standard InChI is InChI=1S/C14H15NO2S/c1-11-5-2-3-6-12(11)17-9-8-15-14(16)13-7-4-10-18-13/h2-7,10H,8-9H2,1H3,(H,15,16). The maximum atomic E-state index is 11.6. The molecular weight excluding hydrogens is 246 g/mol. The number of carbonyl (C=O) groups excluding carboxylic acids is 1. The fraction of sp³-hybridized carbons (Fsp3) is 0.214. The number of rotatable bonds is 5. The average molecular weight is 261 g/mol. The fourth-order valence-electron chi connectivity index (χ4n) is 1.54. The third-order valence-electron chi connectivity index (χ3n) is 2.48. The van der Waals surface area contributed by atoms with E-state index in [1.807, 2.05) is 48.7 Å². The van der Waals surface area contributed by atoms with Gasteiger partial charge in [0.2, 0.25) is 0 Å². The van der Waals surface area contributed by atoms with Crippen LogP contribution in [0.2, 0.25) is 0 Å². The molecular formula is C14H15NO2S. The minimum Gasteiger partial charge on any atom is -0.491 e. The maximum absolute atomic E-state index is 11.6. The van der Waals surface area contributed by atoms with Gasteiger partial charge in [-0.25, -0.2) is 0 Å². The molecule has 1 N–H and O–H groups in total. The Labute approximate surface area is 110 Å². The van der Waals surface area contributed by atoms with Gasteiger partial charge in [-0.1, -0.05) is 24.3 Å². The number of para-hydroxylation sites is 1. The molecule has 0 bridgehead atoms. The smallest absolute Gasteiger partial charge is 0.261 e. The van der Waals surface area contributed by atoms with Gasteiger partial charge in [-0.3, -0.25) is 4.79 Å². The van der Waals surface area contributed by atoms with Crippen molar-refractivity contribution >= 4 is 17.2 Å². The molecule has 0 saturated carbocycles. The van der Waals surface area contributed by atoms with E-state index in [0.29, 0.717) is 13.2 Å². The third-order valence-corrected chi connectivity index (χ3v) is 3.35. The third kappa shape index (κ3) is 3.34. The monoisotopic (exact) mass is 261 g/mol. The molecule has 2 aromatic rings. The first-order valence-electron chi connectivity index (χ1n) is 5.77. The Hall–Kier alpha value is -1.81. The van der Waals surface area contributed by atoms with Crippen molar-refractivity contribution in [2.24, 2.45) is 0 Å². The molecule has 2 rings (SSSR count).